The van der Waals surface area contributed by atoms with Crippen LogP contribution in [0.2, 0.25) is 5.02 Å². The average molecular weight is 285 g/mol. The second-order valence-corrected chi connectivity index (χ2v) is 4.73. The van der Waals surface area contributed by atoms with Crippen molar-refractivity contribution >= 4 is 40.0 Å². The monoisotopic (exact) mass is 284 g/mol. The van der Waals surface area contributed by atoms with Gasteiger partial charge in [0, 0.05) is 23.1 Å². The van der Waals surface area contributed by atoms with Gasteiger partial charge in [-0.2, -0.15) is 4.98 Å². The molecule has 0 bridgehead atoms. The van der Waals surface area contributed by atoms with Crippen molar-refractivity contribution in [2.24, 2.45) is 0 Å². The molecule has 0 radical (unpaired) electrons. The molecule has 2 aromatic carbocycles. The summed E-state index contributed by atoms with van der Waals surface area (Å²) < 4.78 is 0. The van der Waals surface area contributed by atoms with Gasteiger partial charge in [0.15, 0.2) is 0 Å². The average Bonchev–Trinajstić information content (AvgIpc) is 2.46. The summed E-state index contributed by atoms with van der Waals surface area (Å²) in [5, 5.41) is 7.92. The summed E-state index contributed by atoms with van der Waals surface area (Å²) in [6.45, 7) is 0. The molecule has 1 heterocycles. The maximum atomic E-state index is 5.97. The number of rotatable bonds is 3. The Morgan fingerprint density at radius 2 is 1.85 bits per heavy atom. The van der Waals surface area contributed by atoms with Gasteiger partial charge in [0.2, 0.25) is 5.95 Å². The van der Waals surface area contributed by atoms with Crippen molar-refractivity contribution in [3.63, 3.8) is 0 Å². The van der Waals surface area contributed by atoms with Gasteiger partial charge in [0.1, 0.15) is 5.82 Å². The molecule has 0 unspecified atom stereocenters. The lowest BCUT2D eigenvalue weighted by atomic mass is 10.2. The number of halogens is 1. The van der Waals surface area contributed by atoms with E-state index in [0.29, 0.717) is 11.0 Å². The van der Waals surface area contributed by atoms with E-state index in [4.69, 9.17) is 11.6 Å². The standard InChI is InChI=1S/C15H13ClN4/c1-17-14-12-7-2-3-8-13(12)19-15(20-14)18-11-6-4-5-10(16)9-11/h2-9H,1H3,(H2,17,18,19,20). The molecule has 1 aromatic heterocycles. The number of nitrogens with one attached hydrogen (secondary N) is 2. The van der Waals surface area contributed by atoms with Crippen LogP contribution < -0.4 is 10.6 Å². The lowest BCUT2D eigenvalue weighted by molar-refractivity contribution is 1.20. The van der Waals surface area contributed by atoms with Gasteiger partial charge in [-0.3, -0.25) is 0 Å². The highest BCUT2D eigenvalue weighted by atomic mass is 35.5. The molecule has 20 heavy (non-hydrogen) atoms. The lowest BCUT2D eigenvalue weighted by Gasteiger charge is -2.09. The second-order valence-electron chi connectivity index (χ2n) is 4.30. The van der Waals surface area contributed by atoms with Crippen molar-refractivity contribution in [3.8, 4) is 0 Å². The maximum Gasteiger partial charge on any atom is 0.229 e. The van der Waals surface area contributed by atoms with Crippen molar-refractivity contribution in [1.82, 2.24) is 9.97 Å². The van der Waals surface area contributed by atoms with Crippen LogP contribution in [0.5, 0.6) is 0 Å². The molecule has 0 aliphatic heterocycles. The third kappa shape index (κ3) is 2.51. The smallest absolute Gasteiger partial charge is 0.229 e. The van der Waals surface area contributed by atoms with Crippen molar-refractivity contribution in [2.75, 3.05) is 17.7 Å². The van der Waals surface area contributed by atoms with Crippen molar-refractivity contribution < 1.29 is 0 Å². The number of hydrogen-bond donors (Lipinski definition) is 2. The highest BCUT2D eigenvalue weighted by Gasteiger charge is 2.06. The Labute approximate surface area is 121 Å². The Bertz CT molecular complexity index is 758. The van der Waals surface area contributed by atoms with E-state index in [-0.39, 0.29) is 0 Å². The lowest BCUT2D eigenvalue weighted by Crippen LogP contribution is -2.01. The minimum absolute atomic E-state index is 0.537. The molecular formula is C15H13ClN4. The predicted octanol–water partition coefficient (Wildman–Crippen LogP) is 4.07. The number of anilines is 3. The zero-order chi connectivity index (χ0) is 13.9. The first-order valence-electron chi connectivity index (χ1n) is 6.23. The predicted molar refractivity (Wildman–Crippen MR) is 83.8 cm³/mol. The van der Waals surface area contributed by atoms with E-state index in [2.05, 4.69) is 20.6 Å². The molecule has 0 amide bonds. The fraction of sp³-hybridized carbons (Fsp3) is 0.0667. The van der Waals surface area contributed by atoms with E-state index in [0.717, 1.165) is 22.4 Å². The third-order valence-corrected chi connectivity index (χ3v) is 3.16. The Morgan fingerprint density at radius 1 is 1.00 bits per heavy atom. The first kappa shape index (κ1) is 12.7. The van der Waals surface area contributed by atoms with Gasteiger partial charge < -0.3 is 10.6 Å². The Hall–Kier alpha value is -2.33. The van der Waals surface area contributed by atoms with Crippen LogP contribution in [0.1, 0.15) is 0 Å². The molecule has 3 rings (SSSR count). The van der Waals surface area contributed by atoms with Crippen LogP contribution in [-0.2, 0) is 0 Å². The highest BCUT2D eigenvalue weighted by molar-refractivity contribution is 6.30. The molecule has 3 aromatic rings. The van der Waals surface area contributed by atoms with E-state index >= 15 is 0 Å². The van der Waals surface area contributed by atoms with Crippen LogP contribution in [0.25, 0.3) is 10.9 Å². The van der Waals surface area contributed by atoms with E-state index in [1.807, 2.05) is 55.6 Å². The van der Waals surface area contributed by atoms with Gasteiger partial charge in [0.25, 0.3) is 0 Å². The molecular weight excluding hydrogens is 272 g/mol. The summed E-state index contributed by atoms with van der Waals surface area (Å²) in [6, 6.07) is 15.3. The molecule has 0 aliphatic carbocycles. The zero-order valence-electron chi connectivity index (χ0n) is 10.9. The van der Waals surface area contributed by atoms with Gasteiger partial charge in [-0.05, 0) is 30.3 Å². The molecule has 0 atom stereocenters. The Morgan fingerprint density at radius 3 is 2.65 bits per heavy atom. The molecule has 0 fully saturated rings. The third-order valence-electron chi connectivity index (χ3n) is 2.92. The number of para-hydroxylation sites is 1. The maximum absolute atomic E-state index is 5.97. The van der Waals surface area contributed by atoms with Crippen LogP contribution in [-0.4, -0.2) is 17.0 Å². The SMILES string of the molecule is CNc1nc(Nc2cccc(Cl)c2)nc2ccccc12. The first-order valence-corrected chi connectivity index (χ1v) is 6.61. The number of fused-ring (bicyclic) bond motifs is 1. The van der Waals surface area contributed by atoms with Gasteiger partial charge >= 0.3 is 0 Å². The first-order chi connectivity index (χ1) is 9.76. The fourth-order valence-electron chi connectivity index (χ4n) is 2.02. The summed E-state index contributed by atoms with van der Waals surface area (Å²) in [5.74, 6) is 1.33. The van der Waals surface area contributed by atoms with Gasteiger partial charge in [0.05, 0.1) is 5.52 Å². The molecule has 2 N–H and O–H groups in total. The van der Waals surface area contributed by atoms with Crippen molar-refractivity contribution in [2.45, 2.75) is 0 Å². The summed E-state index contributed by atoms with van der Waals surface area (Å²) in [4.78, 5) is 8.97. The number of aromatic nitrogens is 2. The summed E-state index contributed by atoms with van der Waals surface area (Å²) in [6.07, 6.45) is 0. The van der Waals surface area contributed by atoms with Gasteiger partial charge in [-0.1, -0.05) is 29.8 Å². The topological polar surface area (TPSA) is 49.8 Å². The van der Waals surface area contributed by atoms with E-state index in [1.165, 1.54) is 0 Å². The zero-order valence-corrected chi connectivity index (χ0v) is 11.6. The van der Waals surface area contributed by atoms with Crippen LogP contribution in [0.3, 0.4) is 0 Å². The second kappa shape index (κ2) is 5.35. The number of benzene rings is 2. The summed E-state index contributed by atoms with van der Waals surface area (Å²) in [5.41, 5.74) is 1.74. The normalized spacial score (nSPS) is 10.5. The molecule has 5 heteroatoms. The Balaban J connectivity index is 2.03. The van der Waals surface area contributed by atoms with Gasteiger partial charge in [-0.25, -0.2) is 4.98 Å². The summed E-state index contributed by atoms with van der Waals surface area (Å²) >= 11 is 5.97. The van der Waals surface area contributed by atoms with Crippen LogP contribution in [0.4, 0.5) is 17.5 Å². The van der Waals surface area contributed by atoms with Crippen LogP contribution in [0.15, 0.2) is 48.5 Å². The number of nitrogens with zero attached hydrogens (tertiary/aromatic N) is 2. The fourth-order valence-corrected chi connectivity index (χ4v) is 2.21. The van der Waals surface area contributed by atoms with Crippen molar-refractivity contribution in [1.29, 1.82) is 0 Å². The van der Waals surface area contributed by atoms with Crippen LogP contribution >= 0.6 is 11.6 Å². The number of hydrogen-bond acceptors (Lipinski definition) is 4. The van der Waals surface area contributed by atoms with E-state index < -0.39 is 0 Å². The minimum Gasteiger partial charge on any atom is -0.372 e. The summed E-state index contributed by atoms with van der Waals surface area (Å²) in [7, 11) is 1.85. The van der Waals surface area contributed by atoms with E-state index in [1.54, 1.807) is 0 Å². The largest absolute Gasteiger partial charge is 0.372 e. The molecule has 0 aliphatic rings. The van der Waals surface area contributed by atoms with Crippen molar-refractivity contribution in [3.05, 3.63) is 53.6 Å². The quantitative estimate of drug-likeness (QED) is 0.761. The van der Waals surface area contributed by atoms with Gasteiger partial charge in [-0.15, -0.1) is 0 Å². The van der Waals surface area contributed by atoms with Crippen LogP contribution in [0, 0.1) is 0 Å². The molecule has 0 saturated heterocycles. The molecule has 0 spiro atoms. The van der Waals surface area contributed by atoms with E-state index in [9.17, 15) is 0 Å². The molecule has 0 saturated carbocycles. The Kier molecular flexibility index (Phi) is 3.39. The molecule has 100 valence electrons. The highest BCUT2D eigenvalue weighted by Crippen LogP contribution is 2.24. The molecule has 4 nitrogen and oxygen atoms in total. The minimum atomic E-state index is 0.537.